The Balaban J connectivity index is 1.88. The summed E-state index contributed by atoms with van der Waals surface area (Å²) in [4.78, 5) is 11.7. The number of rotatable bonds is 4. The van der Waals surface area contributed by atoms with E-state index in [0.29, 0.717) is 5.41 Å². The Morgan fingerprint density at radius 1 is 1.50 bits per heavy atom. The first kappa shape index (κ1) is 12.9. The van der Waals surface area contributed by atoms with E-state index in [4.69, 9.17) is 5.73 Å². The number of benzene rings is 1. The van der Waals surface area contributed by atoms with Crippen molar-refractivity contribution >= 4 is 11.7 Å². The van der Waals surface area contributed by atoms with E-state index >= 15 is 0 Å². The van der Waals surface area contributed by atoms with Gasteiger partial charge >= 0.3 is 6.03 Å². The van der Waals surface area contributed by atoms with Crippen LogP contribution in [0.1, 0.15) is 38.3 Å². The van der Waals surface area contributed by atoms with Crippen molar-refractivity contribution in [1.29, 1.82) is 0 Å². The van der Waals surface area contributed by atoms with Gasteiger partial charge in [-0.15, -0.1) is 0 Å². The summed E-state index contributed by atoms with van der Waals surface area (Å²) in [6, 6.07) is 7.45. The van der Waals surface area contributed by atoms with Gasteiger partial charge in [-0.05, 0) is 42.9 Å². The molecule has 1 aliphatic carbocycles. The highest BCUT2D eigenvalue weighted by molar-refractivity contribution is 5.89. The maximum atomic E-state index is 11.7. The van der Waals surface area contributed by atoms with Crippen LogP contribution in [0.5, 0.6) is 0 Å². The number of nitrogens with one attached hydrogen (secondary N) is 2. The van der Waals surface area contributed by atoms with Crippen molar-refractivity contribution in [3.8, 4) is 0 Å². The number of nitrogens with two attached hydrogens (primary N) is 1. The molecule has 0 aromatic heterocycles. The maximum absolute atomic E-state index is 11.7. The molecule has 1 fully saturated rings. The third-order valence-corrected chi connectivity index (χ3v) is 3.45. The van der Waals surface area contributed by atoms with Gasteiger partial charge in [0.15, 0.2) is 0 Å². The van der Waals surface area contributed by atoms with Gasteiger partial charge in [0, 0.05) is 18.3 Å². The second-order valence-electron chi connectivity index (χ2n) is 5.53. The third kappa shape index (κ3) is 3.47. The molecule has 1 atom stereocenters. The van der Waals surface area contributed by atoms with Crippen LogP contribution in [0.4, 0.5) is 10.5 Å². The standard InChI is InChI=1S/C14H21N3O/c1-10(15)11-4-3-5-12(8-11)17-13(18)16-9-14(2)6-7-14/h3-5,8,10H,6-7,9,15H2,1-2H3,(H2,16,17,18). The van der Waals surface area contributed by atoms with E-state index in [2.05, 4.69) is 17.6 Å². The first-order valence-corrected chi connectivity index (χ1v) is 6.39. The normalized spacial score (nSPS) is 17.9. The van der Waals surface area contributed by atoms with E-state index in [-0.39, 0.29) is 12.1 Å². The van der Waals surface area contributed by atoms with E-state index < -0.39 is 0 Å². The minimum atomic E-state index is -0.148. The lowest BCUT2D eigenvalue weighted by Gasteiger charge is -2.12. The Morgan fingerprint density at radius 3 is 2.83 bits per heavy atom. The zero-order valence-electron chi connectivity index (χ0n) is 11.0. The molecule has 0 heterocycles. The molecule has 0 saturated heterocycles. The van der Waals surface area contributed by atoms with Gasteiger partial charge < -0.3 is 16.4 Å². The number of carbonyl (C=O) groups is 1. The topological polar surface area (TPSA) is 67.1 Å². The number of hydrogen-bond donors (Lipinski definition) is 3. The summed E-state index contributed by atoms with van der Waals surface area (Å²) >= 11 is 0. The molecule has 4 nitrogen and oxygen atoms in total. The molecular formula is C14H21N3O. The Labute approximate surface area is 108 Å². The first-order valence-electron chi connectivity index (χ1n) is 6.39. The van der Waals surface area contributed by atoms with Crippen molar-refractivity contribution in [2.75, 3.05) is 11.9 Å². The molecule has 0 bridgehead atoms. The minimum absolute atomic E-state index is 0.0276. The summed E-state index contributed by atoms with van der Waals surface area (Å²) in [5.74, 6) is 0. The highest BCUT2D eigenvalue weighted by atomic mass is 16.2. The Bertz CT molecular complexity index is 438. The van der Waals surface area contributed by atoms with Gasteiger partial charge in [-0.2, -0.15) is 0 Å². The predicted molar refractivity (Wildman–Crippen MR) is 73.4 cm³/mol. The number of anilines is 1. The van der Waals surface area contributed by atoms with Gasteiger partial charge in [0.25, 0.3) is 0 Å². The molecule has 18 heavy (non-hydrogen) atoms. The molecular weight excluding hydrogens is 226 g/mol. The number of urea groups is 1. The monoisotopic (exact) mass is 247 g/mol. The summed E-state index contributed by atoms with van der Waals surface area (Å²) in [6.07, 6.45) is 2.40. The molecule has 4 N–H and O–H groups in total. The SMILES string of the molecule is CC(N)c1cccc(NC(=O)NCC2(C)CC2)c1. The summed E-state index contributed by atoms with van der Waals surface area (Å²) in [7, 11) is 0. The zero-order valence-corrected chi connectivity index (χ0v) is 11.0. The first-order chi connectivity index (χ1) is 8.48. The van der Waals surface area contributed by atoms with Crippen LogP contribution in [0.3, 0.4) is 0 Å². The summed E-state index contributed by atoms with van der Waals surface area (Å²) in [6.45, 7) is 4.85. The molecule has 0 radical (unpaired) electrons. The quantitative estimate of drug-likeness (QED) is 0.765. The molecule has 2 rings (SSSR count). The van der Waals surface area contributed by atoms with Crippen molar-refractivity contribution in [2.45, 2.75) is 32.7 Å². The third-order valence-electron chi connectivity index (χ3n) is 3.45. The molecule has 1 aliphatic rings. The maximum Gasteiger partial charge on any atom is 0.319 e. The fourth-order valence-electron chi connectivity index (χ4n) is 1.76. The van der Waals surface area contributed by atoms with E-state index in [9.17, 15) is 4.79 Å². The van der Waals surface area contributed by atoms with E-state index in [1.807, 2.05) is 31.2 Å². The van der Waals surface area contributed by atoms with Crippen molar-refractivity contribution in [1.82, 2.24) is 5.32 Å². The fourth-order valence-corrected chi connectivity index (χ4v) is 1.76. The van der Waals surface area contributed by atoms with Crippen LogP contribution in [0.25, 0.3) is 0 Å². The summed E-state index contributed by atoms with van der Waals surface area (Å²) < 4.78 is 0. The van der Waals surface area contributed by atoms with Gasteiger partial charge in [-0.1, -0.05) is 19.1 Å². The van der Waals surface area contributed by atoms with E-state index in [0.717, 1.165) is 17.8 Å². The second-order valence-corrected chi connectivity index (χ2v) is 5.53. The Hall–Kier alpha value is -1.55. The fraction of sp³-hybridized carbons (Fsp3) is 0.500. The highest BCUT2D eigenvalue weighted by Gasteiger charge is 2.37. The van der Waals surface area contributed by atoms with Crippen molar-refractivity contribution in [3.05, 3.63) is 29.8 Å². The average molecular weight is 247 g/mol. The molecule has 1 saturated carbocycles. The Kier molecular flexibility index (Phi) is 3.57. The predicted octanol–water partition coefficient (Wildman–Crippen LogP) is 2.63. The van der Waals surface area contributed by atoms with Crippen molar-refractivity contribution < 1.29 is 4.79 Å². The molecule has 0 spiro atoms. The lowest BCUT2D eigenvalue weighted by atomic mass is 10.1. The summed E-state index contributed by atoms with van der Waals surface area (Å²) in [5, 5.41) is 5.73. The van der Waals surface area contributed by atoms with Crippen LogP contribution in [0, 0.1) is 5.41 Å². The molecule has 1 unspecified atom stereocenters. The van der Waals surface area contributed by atoms with Gasteiger partial charge in [-0.3, -0.25) is 0 Å². The number of amides is 2. The van der Waals surface area contributed by atoms with Gasteiger partial charge in [-0.25, -0.2) is 4.79 Å². The molecule has 1 aromatic rings. The number of carbonyl (C=O) groups excluding carboxylic acids is 1. The average Bonchev–Trinajstić information content (AvgIpc) is 3.06. The largest absolute Gasteiger partial charge is 0.337 e. The summed E-state index contributed by atoms with van der Waals surface area (Å²) in [5.41, 5.74) is 7.93. The highest BCUT2D eigenvalue weighted by Crippen LogP contribution is 2.43. The molecule has 2 amide bonds. The van der Waals surface area contributed by atoms with Crippen LogP contribution in [0.15, 0.2) is 24.3 Å². The van der Waals surface area contributed by atoms with Gasteiger partial charge in [0.2, 0.25) is 0 Å². The Morgan fingerprint density at radius 2 is 2.22 bits per heavy atom. The van der Waals surface area contributed by atoms with Gasteiger partial charge in [0.05, 0.1) is 0 Å². The van der Waals surface area contributed by atoms with Crippen LogP contribution < -0.4 is 16.4 Å². The van der Waals surface area contributed by atoms with Crippen LogP contribution in [0.2, 0.25) is 0 Å². The molecule has 98 valence electrons. The second kappa shape index (κ2) is 4.98. The molecule has 1 aromatic carbocycles. The minimum Gasteiger partial charge on any atom is -0.337 e. The van der Waals surface area contributed by atoms with Crippen LogP contribution in [-0.2, 0) is 0 Å². The molecule has 0 aliphatic heterocycles. The van der Waals surface area contributed by atoms with Crippen LogP contribution in [-0.4, -0.2) is 12.6 Å². The van der Waals surface area contributed by atoms with E-state index in [1.54, 1.807) is 0 Å². The van der Waals surface area contributed by atoms with E-state index in [1.165, 1.54) is 12.8 Å². The smallest absolute Gasteiger partial charge is 0.319 e. The van der Waals surface area contributed by atoms with Crippen molar-refractivity contribution in [2.24, 2.45) is 11.1 Å². The lowest BCUT2D eigenvalue weighted by molar-refractivity contribution is 0.250. The lowest BCUT2D eigenvalue weighted by Crippen LogP contribution is -2.32. The van der Waals surface area contributed by atoms with Crippen LogP contribution >= 0.6 is 0 Å². The van der Waals surface area contributed by atoms with Gasteiger partial charge in [0.1, 0.15) is 0 Å². The van der Waals surface area contributed by atoms with Crippen molar-refractivity contribution in [3.63, 3.8) is 0 Å². The number of hydrogen-bond acceptors (Lipinski definition) is 2. The zero-order chi connectivity index (χ0) is 13.2. The molecule has 4 heteroatoms.